The third kappa shape index (κ3) is 4.35. The summed E-state index contributed by atoms with van der Waals surface area (Å²) in [7, 11) is 0. The Bertz CT molecular complexity index is 3080. The summed E-state index contributed by atoms with van der Waals surface area (Å²) in [5.74, 6) is 3.23. The van der Waals surface area contributed by atoms with E-state index in [-0.39, 0.29) is 0 Å². The third-order valence-electron chi connectivity index (χ3n) is 10.2. The minimum atomic E-state index is 0.633. The van der Waals surface area contributed by atoms with Gasteiger partial charge in [0.2, 0.25) is 5.95 Å². The van der Waals surface area contributed by atoms with Crippen molar-refractivity contribution in [1.82, 2.24) is 18.9 Å². The zero-order valence-corrected chi connectivity index (χ0v) is 27.9. The van der Waals surface area contributed by atoms with E-state index in [4.69, 9.17) is 16.4 Å². The van der Waals surface area contributed by atoms with E-state index in [1.54, 1.807) is 6.08 Å². The lowest BCUT2D eigenvalue weighted by atomic mass is 10.0. The van der Waals surface area contributed by atoms with Crippen molar-refractivity contribution in [1.29, 1.82) is 0 Å². The van der Waals surface area contributed by atoms with Gasteiger partial charge >= 0.3 is 0 Å². The molecule has 0 saturated carbocycles. The predicted molar refractivity (Wildman–Crippen MR) is 214 cm³/mol. The number of benzene rings is 6. The molecule has 0 spiro atoms. The standard InChI is InChI=1S/C47H30N4/c1-3-5-14-30(4-2)31-23-25-33(26-24-31)41-29-40(32-15-7-6-8-16-32)48-47(49-41)51-43-22-12-10-18-35(43)38-27-44-39(28-45(38)51)37-20-13-19-36-34-17-9-11-21-42(34)50(44)46(36)37/h1,4-29H,2H3/b14-5-,30-4+. The summed E-state index contributed by atoms with van der Waals surface area (Å²) in [6, 6.07) is 49.6. The van der Waals surface area contributed by atoms with Crippen LogP contribution in [0.3, 0.4) is 0 Å². The Morgan fingerprint density at radius 2 is 1.16 bits per heavy atom. The smallest absolute Gasteiger partial charge is 0.235 e. The molecule has 0 fully saturated rings. The predicted octanol–water partition coefficient (Wildman–Crippen LogP) is 11.7. The van der Waals surface area contributed by atoms with Gasteiger partial charge in [-0.15, -0.1) is 6.42 Å². The second kappa shape index (κ2) is 11.3. The minimum absolute atomic E-state index is 0.633. The van der Waals surface area contributed by atoms with E-state index in [1.165, 1.54) is 43.5 Å². The molecule has 0 aliphatic carbocycles. The summed E-state index contributed by atoms with van der Waals surface area (Å²) < 4.78 is 4.68. The van der Waals surface area contributed by atoms with Crippen LogP contribution in [-0.2, 0) is 0 Å². The fourth-order valence-corrected chi connectivity index (χ4v) is 7.88. The molecular weight excluding hydrogens is 621 g/mol. The van der Waals surface area contributed by atoms with E-state index in [1.807, 2.05) is 19.1 Å². The van der Waals surface area contributed by atoms with Crippen LogP contribution in [0, 0.1) is 12.3 Å². The number of para-hydroxylation sites is 3. The first kappa shape index (κ1) is 29.0. The van der Waals surface area contributed by atoms with Gasteiger partial charge in [-0.25, -0.2) is 9.97 Å². The SMILES string of the molecule is C#C/C=C\C(=C/C)c1ccc(-c2cc(-c3ccccc3)nc(-n3c4ccccc4c4cc5c(cc43)c3cccc4c6ccccc6n5c43)n2)cc1. The van der Waals surface area contributed by atoms with Gasteiger partial charge in [-0.2, -0.15) is 0 Å². The molecule has 0 aliphatic rings. The number of aromatic nitrogens is 4. The molecule has 10 rings (SSSR count). The second-order valence-electron chi connectivity index (χ2n) is 12.9. The molecule has 0 unspecified atom stereocenters. The van der Waals surface area contributed by atoms with Crippen molar-refractivity contribution < 1.29 is 0 Å². The van der Waals surface area contributed by atoms with Crippen LogP contribution in [0.25, 0.3) is 93.9 Å². The summed E-state index contributed by atoms with van der Waals surface area (Å²) in [6.07, 6.45) is 11.3. The van der Waals surface area contributed by atoms with Crippen molar-refractivity contribution >= 4 is 65.5 Å². The molecule has 0 atom stereocenters. The molecule has 10 aromatic rings. The first-order valence-electron chi connectivity index (χ1n) is 17.2. The lowest BCUT2D eigenvalue weighted by molar-refractivity contribution is 0.996. The van der Waals surface area contributed by atoms with Crippen LogP contribution in [0.15, 0.2) is 158 Å². The van der Waals surface area contributed by atoms with Crippen molar-refractivity contribution in [3.05, 3.63) is 163 Å². The molecule has 0 amide bonds. The Morgan fingerprint density at radius 3 is 1.88 bits per heavy atom. The fraction of sp³-hybridized carbons (Fsp3) is 0.0213. The van der Waals surface area contributed by atoms with Gasteiger partial charge in [0.15, 0.2) is 0 Å². The van der Waals surface area contributed by atoms with Crippen LogP contribution >= 0.6 is 0 Å². The summed E-state index contributed by atoms with van der Waals surface area (Å²) in [6.45, 7) is 2.02. The van der Waals surface area contributed by atoms with Gasteiger partial charge in [-0.3, -0.25) is 4.57 Å². The lowest BCUT2D eigenvalue weighted by Crippen LogP contribution is -2.04. The Balaban J connectivity index is 1.25. The number of fused-ring (bicyclic) bond motifs is 9. The van der Waals surface area contributed by atoms with Crippen LogP contribution in [0.2, 0.25) is 0 Å². The average Bonchev–Trinajstić information content (AvgIpc) is 3.82. The van der Waals surface area contributed by atoms with E-state index in [0.29, 0.717) is 5.95 Å². The molecule has 4 heterocycles. The van der Waals surface area contributed by atoms with Crippen LogP contribution in [0.5, 0.6) is 0 Å². The number of terminal acetylenes is 1. The number of hydrogen-bond donors (Lipinski definition) is 0. The van der Waals surface area contributed by atoms with E-state index in [2.05, 4.69) is 154 Å². The normalized spacial score (nSPS) is 12.4. The highest BCUT2D eigenvalue weighted by Gasteiger charge is 2.22. The molecule has 0 N–H and O–H groups in total. The first-order chi connectivity index (χ1) is 25.2. The van der Waals surface area contributed by atoms with Crippen molar-refractivity contribution in [2.24, 2.45) is 0 Å². The van der Waals surface area contributed by atoms with E-state index >= 15 is 0 Å². The minimum Gasteiger partial charge on any atom is -0.308 e. The zero-order valence-electron chi connectivity index (χ0n) is 27.9. The first-order valence-corrected chi connectivity index (χ1v) is 17.2. The van der Waals surface area contributed by atoms with Gasteiger partial charge in [-0.1, -0.05) is 121 Å². The molecule has 6 aromatic carbocycles. The molecular formula is C47H30N4. The second-order valence-corrected chi connectivity index (χ2v) is 12.9. The molecule has 0 radical (unpaired) electrons. The molecule has 51 heavy (non-hydrogen) atoms. The van der Waals surface area contributed by atoms with Crippen molar-refractivity contribution in [3.63, 3.8) is 0 Å². The maximum Gasteiger partial charge on any atom is 0.235 e. The summed E-state index contributed by atoms with van der Waals surface area (Å²) in [5.41, 5.74) is 11.8. The highest BCUT2D eigenvalue weighted by molar-refractivity contribution is 6.26. The van der Waals surface area contributed by atoms with Crippen molar-refractivity contribution in [2.45, 2.75) is 6.92 Å². The van der Waals surface area contributed by atoms with E-state index < -0.39 is 0 Å². The van der Waals surface area contributed by atoms with Crippen molar-refractivity contribution in [3.8, 4) is 40.8 Å². The van der Waals surface area contributed by atoms with Crippen molar-refractivity contribution in [2.75, 3.05) is 0 Å². The van der Waals surface area contributed by atoms with Crippen LogP contribution in [0.1, 0.15) is 12.5 Å². The highest BCUT2D eigenvalue weighted by Crippen LogP contribution is 2.42. The summed E-state index contributed by atoms with van der Waals surface area (Å²) >= 11 is 0. The van der Waals surface area contributed by atoms with Gasteiger partial charge < -0.3 is 4.40 Å². The fourth-order valence-electron chi connectivity index (χ4n) is 7.88. The monoisotopic (exact) mass is 650 g/mol. The quantitative estimate of drug-likeness (QED) is 0.137. The number of rotatable bonds is 5. The average molecular weight is 651 g/mol. The molecule has 0 aliphatic heterocycles. The van der Waals surface area contributed by atoms with Crippen LogP contribution < -0.4 is 0 Å². The summed E-state index contributed by atoms with van der Waals surface area (Å²) in [4.78, 5) is 10.6. The summed E-state index contributed by atoms with van der Waals surface area (Å²) in [5, 5.41) is 7.35. The molecule has 4 nitrogen and oxygen atoms in total. The maximum absolute atomic E-state index is 5.49. The van der Waals surface area contributed by atoms with Gasteiger partial charge in [0.25, 0.3) is 0 Å². The van der Waals surface area contributed by atoms with Gasteiger partial charge in [0.05, 0.1) is 39.0 Å². The highest BCUT2D eigenvalue weighted by atomic mass is 15.2. The van der Waals surface area contributed by atoms with E-state index in [9.17, 15) is 0 Å². The van der Waals surface area contributed by atoms with Crippen LogP contribution in [-0.4, -0.2) is 18.9 Å². The van der Waals surface area contributed by atoms with E-state index in [0.717, 1.165) is 50.1 Å². The Labute approximate surface area is 294 Å². The Kier molecular flexibility index (Phi) is 6.43. The lowest BCUT2D eigenvalue weighted by Gasteiger charge is -2.12. The maximum atomic E-state index is 5.49. The molecule has 0 saturated heterocycles. The molecule has 4 aromatic heterocycles. The van der Waals surface area contributed by atoms with Gasteiger partial charge in [0, 0.05) is 43.4 Å². The topological polar surface area (TPSA) is 35.1 Å². The Hall–Kier alpha value is -6.96. The number of allylic oxidation sites excluding steroid dienone is 4. The zero-order chi connectivity index (χ0) is 34.1. The number of nitrogens with zero attached hydrogens (tertiary/aromatic N) is 4. The molecule has 238 valence electrons. The third-order valence-corrected chi connectivity index (χ3v) is 10.2. The largest absolute Gasteiger partial charge is 0.308 e. The number of hydrogen-bond acceptors (Lipinski definition) is 2. The molecule has 0 bridgehead atoms. The van der Waals surface area contributed by atoms with Crippen LogP contribution in [0.4, 0.5) is 0 Å². The van der Waals surface area contributed by atoms with Gasteiger partial charge in [0.1, 0.15) is 0 Å². The van der Waals surface area contributed by atoms with Gasteiger partial charge in [-0.05, 0) is 60.5 Å². The molecule has 4 heteroatoms. The Morgan fingerprint density at radius 1 is 0.569 bits per heavy atom.